The number of carboxylic acid groups (broad SMARTS) is 1. The second-order valence-corrected chi connectivity index (χ2v) is 3.87. The smallest absolute Gasteiger partial charge is 0.332 e. The molecule has 0 bridgehead atoms. The first-order valence-electron chi connectivity index (χ1n) is 6.12. The van der Waals surface area contributed by atoms with E-state index in [1.807, 2.05) is 0 Å². The van der Waals surface area contributed by atoms with Crippen LogP contribution in [0.2, 0.25) is 0 Å². The highest BCUT2D eigenvalue weighted by atomic mass is 16.6. The molecule has 0 saturated carbocycles. The second-order valence-electron chi connectivity index (χ2n) is 3.87. The highest BCUT2D eigenvalue weighted by Crippen LogP contribution is 2.04. The molecular formula is C12H22O5. The van der Waals surface area contributed by atoms with Crippen molar-refractivity contribution in [3.8, 4) is 0 Å². The minimum Gasteiger partial charge on any atom is -0.480 e. The summed E-state index contributed by atoms with van der Waals surface area (Å²) in [5.41, 5.74) is 0. The molecule has 0 spiro atoms. The Balaban J connectivity index is 3.19. The number of carboxylic acids is 1. The lowest BCUT2D eigenvalue weighted by Gasteiger charge is -2.04. The Morgan fingerprint density at radius 2 is 1.65 bits per heavy atom. The third kappa shape index (κ3) is 12.8. The first-order valence-corrected chi connectivity index (χ1v) is 6.12. The molecule has 100 valence electrons. The van der Waals surface area contributed by atoms with Crippen LogP contribution in [0.25, 0.3) is 0 Å². The van der Waals surface area contributed by atoms with Crippen molar-refractivity contribution in [3.63, 3.8) is 0 Å². The molecule has 0 amide bonds. The third-order valence-corrected chi connectivity index (χ3v) is 2.21. The molecule has 0 heterocycles. The van der Waals surface area contributed by atoms with Gasteiger partial charge < -0.3 is 14.6 Å². The topological polar surface area (TPSA) is 72.8 Å². The molecule has 0 saturated heterocycles. The lowest BCUT2D eigenvalue weighted by atomic mass is 10.1. The van der Waals surface area contributed by atoms with Crippen molar-refractivity contribution < 1.29 is 24.2 Å². The molecule has 0 radical (unpaired) electrons. The van der Waals surface area contributed by atoms with Crippen LogP contribution < -0.4 is 0 Å². The van der Waals surface area contributed by atoms with Gasteiger partial charge in [0.05, 0.1) is 6.61 Å². The van der Waals surface area contributed by atoms with E-state index in [1.54, 1.807) is 0 Å². The van der Waals surface area contributed by atoms with Gasteiger partial charge in [0.15, 0.2) is 0 Å². The van der Waals surface area contributed by atoms with Gasteiger partial charge in [-0.05, 0) is 6.42 Å². The lowest BCUT2D eigenvalue weighted by molar-refractivity contribution is -0.152. The Morgan fingerprint density at radius 1 is 1.00 bits per heavy atom. The van der Waals surface area contributed by atoms with Crippen molar-refractivity contribution in [1.82, 2.24) is 0 Å². The molecule has 5 nitrogen and oxygen atoms in total. The molecule has 0 unspecified atom stereocenters. The first-order chi connectivity index (χ1) is 8.16. The Hall–Kier alpha value is -1.10. The molecule has 0 aromatic rings. The molecule has 0 aromatic heterocycles. The van der Waals surface area contributed by atoms with Gasteiger partial charge in [0, 0.05) is 0 Å². The summed E-state index contributed by atoms with van der Waals surface area (Å²) in [5.74, 6) is -1.59. The molecule has 0 aliphatic rings. The molecule has 0 rings (SSSR count). The number of hydrogen-bond acceptors (Lipinski definition) is 4. The summed E-state index contributed by atoms with van der Waals surface area (Å²) in [5, 5.41) is 8.27. The number of unbranched alkanes of at least 4 members (excludes halogenated alkanes) is 5. The Kier molecular flexibility index (Phi) is 10.7. The fourth-order valence-electron chi connectivity index (χ4n) is 1.33. The van der Waals surface area contributed by atoms with E-state index in [-0.39, 0.29) is 6.61 Å². The molecule has 0 aromatic carbocycles. The molecule has 0 atom stereocenters. The summed E-state index contributed by atoms with van der Waals surface area (Å²) in [4.78, 5) is 21.1. The maximum absolute atomic E-state index is 11.0. The van der Waals surface area contributed by atoms with E-state index >= 15 is 0 Å². The third-order valence-electron chi connectivity index (χ3n) is 2.21. The molecular weight excluding hydrogens is 224 g/mol. The Morgan fingerprint density at radius 3 is 2.29 bits per heavy atom. The van der Waals surface area contributed by atoms with Crippen LogP contribution in [0, 0.1) is 0 Å². The van der Waals surface area contributed by atoms with Gasteiger partial charge in [0.25, 0.3) is 0 Å². The summed E-state index contributed by atoms with van der Waals surface area (Å²) in [7, 11) is 0. The van der Waals surface area contributed by atoms with Crippen molar-refractivity contribution in [2.75, 3.05) is 19.8 Å². The largest absolute Gasteiger partial charge is 0.480 e. The predicted octanol–water partition coefficient (Wildman–Crippen LogP) is 1.99. The Labute approximate surface area is 102 Å². The number of ether oxygens (including phenoxy) is 2. The summed E-state index contributed by atoms with van der Waals surface area (Å²) in [6.07, 6.45) is 6.78. The zero-order valence-electron chi connectivity index (χ0n) is 10.4. The van der Waals surface area contributed by atoms with Crippen molar-refractivity contribution in [3.05, 3.63) is 0 Å². The van der Waals surface area contributed by atoms with Gasteiger partial charge in [-0.25, -0.2) is 9.59 Å². The van der Waals surface area contributed by atoms with Crippen LogP contribution in [0.5, 0.6) is 0 Å². The van der Waals surface area contributed by atoms with E-state index < -0.39 is 18.5 Å². The van der Waals surface area contributed by atoms with Crippen molar-refractivity contribution in [2.45, 2.75) is 45.4 Å². The van der Waals surface area contributed by atoms with Crippen LogP contribution in [0.1, 0.15) is 45.4 Å². The van der Waals surface area contributed by atoms with Crippen molar-refractivity contribution in [2.24, 2.45) is 0 Å². The average molecular weight is 246 g/mol. The van der Waals surface area contributed by atoms with Gasteiger partial charge in [0.1, 0.15) is 13.2 Å². The molecule has 0 fully saturated rings. The van der Waals surface area contributed by atoms with E-state index in [2.05, 4.69) is 11.7 Å². The SMILES string of the molecule is CCCCCCCCOC(=O)COCC(=O)O. The molecule has 0 aliphatic carbocycles. The summed E-state index contributed by atoms with van der Waals surface area (Å²) in [6.45, 7) is 1.80. The van der Waals surface area contributed by atoms with Crippen LogP contribution in [0.4, 0.5) is 0 Å². The molecule has 17 heavy (non-hydrogen) atoms. The number of carbonyl (C=O) groups is 2. The van der Waals surface area contributed by atoms with Gasteiger partial charge in [-0.1, -0.05) is 39.0 Å². The summed E-state index contributed by atoms with van der Waals surface area (Å²) in [6, 6.07) is 0. The van der Waals surface area contributed by atoms with Gasteiger partial charge in [-0.2, -0.15) is 0 Å². The fraction of sp³-hybridized carbons (Fsp3) is 0.833. The highest BCUT2D eigenvalue weighted by molar-refractivity contribution is 5.72. The zero-order chi connectivity index (χ0) is 12.9. The van der Waals surface area contributed by atoms with Gasteiger partial charge in [0.2, 0.25) is 0 Å². The maximum atomic E-state index is 11.0. The predicted molar refractivity (Wildman–Crippen MR) is 62.8 cm³/mol. The van der Waals surface area contributed by atoms with Crippen LogP contribution in [0.3, 0.4) is 0 Å². The van der Waals surface area contributed by atoms with Crippen LogP contribution in [0.15, 0.2) is 0 Å². The maximum Gasteiger partial charge on any atom is 0.332 e. The monoisotopic (exact) mass is 246 g/mol. The van der Waals surface area contributed by atoms with Gasteiger partial charge in [-0.15, -0.1) is 0 Å². The number of aliphatic carboxylic acids is 1. The van der Waals surface area contributed by atoms with Crippen molar-refractivity contribution >= 4 is 11.9 Å². The van der Waals surface area contributed by atoms with Crippen LogP contribution >= 0.6 is 0 Å². The minimum atomic E-state index is -1.09. The van der Waals surface area contributed by atoms with Crippen LogP contribution in [-0.2, 0) is 19.1 Å². The number of carbonyl (C=O) groups excluding carboxylic acids is 1. The van der Waals surface area contributed by atoms with E-state index in [1.165, 1.54) is 25.7 Å². The molecule has 1 N–H and O–H groups in total. The standard InChI is InChI=1S/C12H22O5/c1-2-3-4-5-6-7-8-17-12(15)10-16-9-11(13)14/h2-10H2,1H3,(H,13,14). The highest BCUT2D eigenvalue weighted by Gasteiger charge is 2.04. The number of rotatable bonds is 11. The fourth-order valence-corrected chi connectivity index (χ4v) is 1.33. The van der Waals surface area contributed by atoms with Crippen molar-refractivity contribution in [1.29, 1.82) is 0 Å². The first kappa shape index (κ1) is 15.9. The van der Waals surface area contributed by atoms with Gasteiger partial charge in [-0.3, -0.25) is 0 Å². The quantitative estimate of drug-likeness (QED) is 0.446. The normalized spacial score (nSPS) is 10.2. The number of esters is 1. The van der Waals surface area contributed by atoms with Gasteiger partial charge >= 0.3 is 11.9 Å². The van der Waals surface area contributed by atoms with E-state index in [0.717, 1.165) is 12.8 Å². The summed E-state index contributed by atoms with van der Waals surface area (Å²) < 4.78 is 9.47. The minimum absolute atomic E-state index is 0.290. The average Bonchev–Trinajstić information content (AvgIpc) is 2.27. The van der Waals surface area contributed by atoms with E-state index in [0.29, 0.717) is 6.61 Å². The summed E-state index contributed by atoms with van der Waals surface area (Å²) >= 11 is 0. The van der Waals surface area contributed by atoms with Crippen LogP contribution in [-0.4, -0.2) is 36.9 Å². The number of hydrogen-bond donors (Lipinski definition) is 1. The molecule has 0 aliphatic heterocycles. The second kappa shape index (κ2) is 11.4. The van der Waals surface area contributed by atoms with E-state index in [4.69, 9.17) is 9.84 Å². The molecule has 5 heteroatoms. The van der Waals surface area contributed by atoms with E-state index in [9.17, 15) is 9.59 Å². The lowest BCUT2D eigenvalue weighted by Crippen LogP contribution is -2.16. The Bertz CT molecular complexity index is 215. The zero-order valence-corrected chi connectivity index (χ0v) is 10.4.